The molecule has 0 heterocycles. The molecule has 1 rings (SSSR count). The summed E-state index contributed by atoms with van der Waals surface area (Å²) in [5.41, 5.74) is 5.97. The standard InChI is InChI=1S/C10H11ClN2O4/c1-17-10(14)5-9(12)7-4-6(13(15)16)2-3-8(7)11/h2-4,9H,5,12H2,1H3/t9-/m1/s1. The third kappa shape index (κ3) is 3.40. The molecule has 0 bridgehead atoms. The van der Waals surface area contributed by atoms with E-state index in [4.69, 9.17) is 17.3 Å². The van der Waals surface area contributed by atoms with Gasteiger partial charge in [0, 0.05) is 23.2 Å². The van der Waals surface area contributed by atoms with E-state index in [1.54, 1.807) is 0 Å². The SMILES string of the molecule is COC(=O)C[C@@H](N)c1cc([N+](=O)[O-])ccc1Cl. The zero-order valence-corrected chi connectivity index (χ0v) is 9.81. The molecule has 0 aliphatic carbocycles. The quantitative estimate of drug-likeness (QED) is 0.505. The van der Waals surface area contributed by atoms with Crippen LogP contribution in [-0.4, -0.2) is 18.0 Å². The highest BCUT2D eigenvalue weighted by atomic mass is 35.5. The van der Waals surface area contributed by atoms with Gasteiger partial charge < -0.3 is 10.5 Å². The molecule has 0 amide bonds. The van der Waals surface area contributed by atoms with Gasteiger partial charge in [0.25, 0.3) is 5.69 Å². The Morgan fingerprint density at radius 2 is 2.29 bits per heavy atom. The highest BCUT2D eigenvalue weighted by Gasteiger charge is 2.18. The van der Waals surface area contributed by atoms with Crippen molar-refractivity contribution in [1.82, 2.24) is 0 Å². The normalized spacial score (nSPS) is 11.9. The molecule has 1 atom stereocenters. The van der Waals surface area contributed by atoms with E-state index in [-0.39, 0.29) is 17.1 Å². The van der Waals surface area contributed by atoms with Crippen molar-refractivity contribution in [3.05, 3.63) is 38.9 Å². The van der Waals surface area contributed by atoms with E-state index in [0.29, 0.717) is 5.56 Å². The average molecular weight is 259 g/mol. The minimum atomic E-state index is -0.727. The first kappa shape index (κ1) is 13.4. The summed E-state index contributed by atoms with van der Waals surface area (Å²) in [4.78, 5) is 21.1. The van der Waals surface area contributed by atoms with Crippen molar-refractivity contribution >= 4 is 23.3 Å². The smallest absolute Gasteiger partial charge is 0.307 e. The van der Waals surface area contributed by atoms with Crippen LogP contribution in [0.2, 0.25) is 5.02 Å². The van der Waals surface area contributed by atoms with Crippen LogP contribution in [0.3, 0.4) is 0 Å². The first-order chi connectivity index (χ1) is 7.95. The van der Waals surface area contributed by atoms with Crippen molar-refractivity contribution in [3.8, 4) is 0 Å². The highest BCUT2D eigenvalue weighted by Crippen LogP contribution is 2.27. The fourth-order valence-electron chi connectivity index (χ4n) is 1.30. The van der Waals surface area contributed by atoms with Crippen molar-refractivity contribution in [2.24, 2.45) is 5.73 Å². The molecule has 2 N–H and O–H groups in total. The largest absolute Gasteiger partial charge is 0.469 e. The molecule has 0 fully saturated rings. The number of nitro benzene ring substituents is 1. The third-order valence-corrected chi connectivity index (χ3v) is 2.55. The van der Waals surface area contributed by atoms with Crippen molar-refractivity contribution in [2.75, 3.05) is 7.11 Å². The number of hydrogen-bond acceptors (Lipinski definition) is 5. The molecule has 0 saturated heterocycles. The number of benzene rings is 1. The lowest BCUT2D eigenvalue weighted by Crippen LogP contribution is -2.16. The lowest BCUT2D eigenvalue weighted by molar-refractivity contribution is -0.384. The first-order valence-electron chi connectivity index (χ1n) is 4.72. The molecule has 0 aliphatic rings. The van der Waals surface area contributed by atoms with E-state index < -0.39 is 16.9 Å². The Bertz CT molecular complexity index is 450. The van der Waals surface area contributed by atoms with Gasteiger partial charge in [0.1, 0.15) is 0 Å². The summed E-state index contributed by atoms with van der Waals surface area (Å²) in [5.74, 6) is -0.500. The number of nitro groups is 1. The van der Waals surface area contributed by atoms with Crippen LogP contribution in [0.25, 0.3) is 0 Å². The Kier molecular flexibility index (Phi) is 4.42. The van der Waals surface area contributed by atoms with Gasteiger partial charge >= 0.3 is 5.97 Å². The first-order valence-corrected chi connectivity index (χ1v) is 5.09. The van der Waals surface area contributed by atoms with Crippen molar-refractivity contribution in [2.45, 2.75) is 12.5 Å². The zero-order chi connectivity index (χ0) is 13.0. The monoisotopic (exact) mass is 258 g/mol. The molecule has 0 aromatic heterocycles. The number of carbonyl (C=O) groups is 1. The lowest BCUT2D eigenvalue weighted by Gasteiger charge is -2.11. The number of rotatable bonds is 4. The molecule has 6 nitrogen and oxygen atoms in total. The zero-order valence-electron chi connectivity index (χ0n) is 9.05. The van der Waals surface area contributed by atoms with Gasteiger partial charge in [0.15, 0.2) is 0 Å². The number of nitrogens with two attached hydrogens (primary N) is 1. The van der Waals surface area contributed by atoms with Gasteiger partial charge in [-0.25, -0.2) is 0 Å². The number of nitrogens with zero attached hydrogens (tertiary/aromatic N) is 1. The number of halogens is 1. The van der Waals surface area contributed by atoms with Gasteiger partial charge in [-0.15, -0.1) is 0 Å². The van der Waals surface area contributed by atoms with Crippen molar-refractivity contribution in [1.29, 1.82) is 0 Å². The van der Waals surface area contributed by atoms with E-state index in [9.17, 15) is 14.9 Å². The van der Waals surface area contributed by atoms with Crippen LogP contribution >= 0.6 is 11.6 Å². The van der Waals surface area contributed by atoms with Gasteiger partial charge in [-0.1, -0.05) is 11.6 Å². The maximum Gasteiger partial charge on any atom is 0.307 e. The predicted molar refractivity (Wildman–Crippen MR) is 61.7 cm³/mol. The number of esters is 1. The highest BCUT2D eigenvalue weighted by molar-refractivity contribution is 6.31. The fourth-order valence-corrected chi connectivity index (χ4v) is 1.56. The summed E-state index contributed by atoms with van der Waals surface area (Å²) in [6.07, 6.45) is -0.0859. The minimum absolute atomic E-state index is 0.0859. The molecular formula is C10H11ClN2O4. The predicted octanol–water partition coefficient (Wildman–Crippen LogP) is 1.81. The summed E-state index contributed by atoms with van der Waals surface area (Å²) in [6.45, 7) is 0. The van der Waals surface area contributed by atoms with E-state index in [0.717, 1.165) is 0 Å². The lowest BCUT2D eigenvalue weighted by atomic mass is 10.0. The molecule has 92 valence electrons. The molecule has 1 aromatic rings. The van der Waals surface area contributed by atoms with Gasteiger partial charge in [0.05, 0.1) is 18.5 Å². The summed E-state index contributed by atoms with van der Waals surface area (Å²) >= 11 is 5.87. The molecule has 0 spiro atoms. The Hall–Kier alpha value is -1.66. The molecule has 0 saturated carbocycles. The Labute approximate surface area is 102 Å². The number of methoxy groups -OCH3 is 1. The van der Waals surface area contributed by atoms with Gasteiger partial charge in [-0.05, 0) is 11.6 Å². The Balaban J connectivity index is 2.99. The van der Waals surface area contributed by atoms with Crippen molar-refractivity contribution < 1.29 is 14.5 Å². The Morgan fingerprint density at radius 1 is 1.65 bits per heavy atom. The molecule has 0 aliphatic heterocycles. The maximum atomic E-state index is 11.0. The van der Waals surface area contributed by atoms with E-state index in [1.807, 2.05) is 0 Å². The maximum absolute atomic E-state index is 11.0. The second kappa shape index (κ2) is 5.60. The van der Waals surface area contributed by atoms with Crippen LogP contribution in [0.4, 0.5) is 5.69 Å². The number of hydrogen-bond donors (Lipinski definition) is 1. The molecular weight excluding hydrogens is 248 g/mol. The van der Waals surface area contributed by atoms with Crippen LogP contribution in [0.5, 0.6) is 0 Å². The topological polar surface area (TPSA) is 95.5 Å². The summed E-state index contributed by atoms with van der Waals surface area (Å²) in [6, 6.07) is 3.19. The minimum Gasteiger partial charge on any atom is -0.469 e. The van der Waals surface area contributed by atoms with Crippen LogP contribution in [0.1, 0.15) is 18.0 Å². The number of non-ortho nitro benzene ring substituents is 1. The van der Waals surface area contributed by atoms with Crippen LogP contribution < -0.4 is 5.73 Å². The van der Waals surface area contributed by atoms with Crippen LogP contribution in [0, 0.1) is 10.1 Å². The summed E-state index contributed by atoms with van der Waals surface area (Å²) < 4.78 is 4.46. The molecule has 17 heavy (non-hydrogen) atoms. The molecule has 0 unspecified atom stereocenters. The third-order valence-electron chi connectivity index (χ3n) is 2.20. The Morgan fingerprint density at radius 3 is 2.82 bits per heavy atom. The summed E-state index contributed by atoms with van der Waals surface area (Å²) in [5, 5.41) is 10.9. The van der Waals surface area contributed by atoms with Crippen molar-refractivity contribution in [3.63, 3.8) is 0 Å². The second-order valence-electron chi connectivity index (χ2n) is 3.35. The second-order valence-corrected chi connectivity index (χ2v) is 3.76. The van der Waals surface area contributed by atoms with Gasteiger partial charge in [0.2, 0.25) is 0 Å². The fraction of sp³-hybridized carbons (Fsp3) is 0.300. The number of carbonyl (C=O) groups excluding carboxylic acids is 1. The van der Waals surface area contributed by atoms with E-state index in [2.05, 4.69) is 4.74 Å². The average Bonchev–Trinajstić information content (AvgIpc) is 2.28. The van der Waals surface area contributed by atoms with E-state index in [1.165, 1.54) is 25.3 Å². The molecule has 0 radical (unpaired) electrons. The van der Waals surface area contributed by atoms with Crippen LogP contribution in [0.15, 0.2) is 18.2 Å². The van der Waals surface area contributed by atoms with Crippen LogP contribution in [-0.2, 0) is 9.53 Å². The number of ether oxygens (including phenoxy) is 1. The molecule has 1 aromatic carbocycles. The molecule has 7 heteroatoms. The van der Waals surface area contributed by atoms with Gasteiger partial charge in [-0.3, -0.25) is 14.9 Å². The summed E-state index contributed by atoms with van der Waals surface area (Å²) in [7, 11) is 1.24. The van der Waals surface area contributed by atoms with Gasteiger partial charge in [-0.2, -0.15) is 0 Å². The van der Waals surface area contributed by atoms with E-state index >= 15 is 0 Å².